The molecule has 0 aliphatic carbocycles. The molecule has 0 radical (unpaired) electrons. The van der Waals surface area contributed by atoms with Gasteiger partial charge in [0.1, 0.15) is 5.75 Å². The van der Waals surface area contributed by atoms with Crippen LogP contribution < -0.4 is 9.47 Å². The SMILES string of the molecule is COc1ccccc1-n1c(OCC(=O)O)nnc1-c1ccccc1. The normalized spacial score (nSPS) is 10.4. The fourth-order valence-corrected chi connectivity index (χ4v) is 2.30. The topological polar surface area (TPSA) is 86.5 Å². The summed E-state index contributed by atoms with van der Waals surface area (Å²) in [5.41, 5.74) is 1.48. The molecule has 0 amide bonds. The number of para-hydroxylation sites is 2. The number of aliphatic carboxylic acids is 1. The van der Waals surface area contributed by atoms with Crippen LogP contribution in [0.5, 0.6) is 11.8 Å². The van der Waals surface area contributed by atoms with Crippen LogP contribution in [0.1, 0.15) is 0 Å². The summed E-state index contributed by atoms with van der Waals surface area (Å²) in [6.45, 7) is -0.512. The lowest BCUT2D eigenvalue weighted by atomic mass is 10.2. The number of carboxylic acid groups (broad SMARTS) is 1. The molecule has 7 nitrogen and oxygen atoms in total. The van der Waals surface area contributed by atoms with Gasteiger partial charge in [-0.1, -0.05) is 47.6 Å². The first-order valence-corrected chi connectivity index (χ1v) is 7.19. The van der Waals surface area contributed by atoms with Crippen LogP contribution in [0.3, 0.4) is 0 Å². The van der Waals surface area contributed by atoms with Crippen molar-refractivity contribution in [3.05, 3.63) is 54.6 Å². The van der Waals surface area contributed by atoms with Gasteiger partial charge in [0.25, 0.3) is 0 Å². The average molecular weight is 325 g/mol. The highest BCUT2D eigenvalue weighted by atomic mass is 16.5. The van der Waals surface area contributed by atoms with Crippen LogP contribution in [0.2, 0.25) is 0 Å². The largest absolute Gasteiger partial charge is 0.495 e. The minimum absolute atomic E-state index is 0.0840. The Kier molecular flexibility index (Phi) is 4.42. The maximum atomic E-state index is 10.8. The Morgan fingerprint density at radius 1 is 1.08 bits per heavy atom. The standard InChI is InChI=1S/C17H15N3O4/c1-23-14-10-6-5-9-13(14)20-16(12-7-3-2-4-8-12)18-19-17(20)24-11-15(21)22/h2-10H,11H2,1H3,(H,21,22). The first-order valence-electron chi connectivity index (χ1n) is 7.19. The van der Waals surface area contributed by atoms with Crippen LogP contribution in [-0.2, 0) is 4.79 Å². The fourth-order valence-electron chi connectivity index (χ4n) is 2.30. The van der Waals surface area contributed by atoms with E-state index < -0.39 is 12.6 Å². The maximum Gasteiger partial charge on any atom is 0.341 e. The Hall–Kier alpha value is -3.35. The van der Waals surface area contributed by atoms with E-state index in [-0.39, 0.29) is 6.01 Å². The molecule has 24 heavy (non-hydrogen) atoms. The summed E-state index contributed by atoms with van der Waals surface area (Å²) in [4.78, 5) is 10.8. The van der Waals surface area contributed by atoms with Gasteiger partial charge in [0.05, 0.1) is 12.8 Å². The second-order valence-corrected chi connectivity index (χ2v) is 4.86. The van der Waals surface area contributed by atoms with Gasteiger partial charge in [0, 0.05) is 5.56 Å². The molecule has 7 heteroatoms. The second-order valence-electron chi connectivity index (χ2n) is 4.86. The van der Waals surface area contributed by atoms with Crippen molar-refractivity contribution < 1.29 is 19.4 Å². The lowest BCUT2D eigenvalue weighted by Gasteiger charge is -2.13. The van der Waals surface area contributed by atoms with E-state index in [1.54, 1.807) is 17.7 Å². The van der Waals surface area contributed by atoms with E-state index in [0.717, 1.165) is 5.56 Å². The molecule has 0 aliphatic heterocycles. The third-order valence-corrected chi connectivity index (χ3v) is 3.32. The van der Waals surface area contributed by atoms with E-state index in [2.05, 4.69) is 10.2 Å². The minimum Gasteiger partial charge on any atom is -0.495 e. The van der Waals surface area contributed by atoms with Crippen molar-refractivity contribution in [2.75, 3.05) is 13.7 Å². The summed E-state index contributed by atoms with van der Waals surface area (Å²) in [5.74, 6) is 0.0287. The third kappa shape index (κ3) is 3.05. The van der Waals surface area contributed by atoms with Crippen molar-refractivity contribution in [1.82, 2.24) is 14.8 Å². The number of methoxy groups -OCH3 is 1. The summed E-state index contributed by atoms with van der Waals surface area (Å²) < 4.78 is 12.3. The molecular formula is C17H15N3O4. The predicted octanol–water partition coefficient (Wildman–Crippen LogP) is 2.41. The number of benzene rings is 2. The van der Waals surface area contributed by atoms with E-state index in [1.165, 1.54) is 0 Å². The van der Waals surface area contributed by atoms with Gasteiger partial charge in [-0.05, 0) is 12.1 Å². The Bertz CT molecular complexity index is 846. The molecular weight excluding hydrogens is 310 g/mol. The molecule has 0 fully saturated rings. The molecule has 0 bridgehead atoms. The summed E-state index contributed by atoms with van der Waals surface area (Å²) in [6, 6.07) is 16.8. The van der Waals surface area contributed by atoms with Crippen LogP contribution in [0, 0.1) is 0 Å². The first kappa shape index (κ1) is 15.5. The number of nitrogens with zero attached hydrogens (tertiary/aromatic N) is 3. The van der Waals surface area contributed by atoms with Crippen molar-refractivity contribution in [1.29, 1.82) is 0 Å². The van der Waals surface area contributed by atoms with Gasteiger partial charge < -0.3 is 14.6 Å². The fraction of sp³-hybridized carbons (Fsp3) is 0.118. The molecule has 3 aromatic rings. The van der Waals surface area contributed by atoms with Gasteiger partial charge >= 0.3 is 12.0 Å². The molecule has 0 saturated carbocycles. The Labute approximate surface area is 138 Å². The highest BCUT2D eigenvalue weighted by molar-refractivity contribution is 5.68. The zero-order valence-electron chi connectivity index (χ0n) is 12.9. The molecule has 0 atom stereocenters. The number of carboxylic acids is 1. The van der Waals surface area contributed by atoms with Crippen LogP contribution in [-0.4, -0.2) is 39.6 Å². The molecule has 0 unspecified atom stereocenters. The highest BCUT2D eigenvalue weighted by Gasteiger charge is 2.20. The number of hydrogen-bond donors (Lipinski definition) is 1. The predicted molar refractivity (Wildman–Crippen MR) is 86.5 cm³/mol. The van der Waals surface area contributed by atoms with E-state index in [0.29, 0.717) is 17.3 Å². The number of carbonyl (C=O) groups is 1. The zero-order valence-corrected chi connectivity index (χ0v) is 12.9. The Balaban J connectivity index is 2.16. The van der Waals surface area contributed by atoms with Gasteiger partial charge in [0.15, 0.2) is 12.4 Å². The molecule has 122 valence electrons. The molecule has 0 saturated heterocycles. The quantitative estimate of drug-likeness (QED) is 0.749. The zero-order chi connectivity index (χ0) is 16.9. The summed E-state index contributed by atoms with van der Waals surface area (Å²) in [5, 5.41) is 17.0. The lowest BCUT2D eigenvalue weighted by molar-refractivity contribution is -0.139. The average Bonchev–Trinajstić information content (AvgIpc) is 3.04. The van der Waals surface area contributed by atoms with Gasteiger partial charge in [-0.2, -0.15) is 0 Å². The van der Waals surface area contributed by atoms with Crippen LogP contribution in [0.25, 0.3) is 17.1 Å². The van der Waals surface area contributed by atoms with Crippen molar-refractivity contribution >= 4 is 5.97 Å². The molecule has 1 heterocycles. The van der Waals surface area contributed by atoms with Gasteiger partial charge in [-0.25, -0.2) is 9.36 Å². The smallest absolute Gasteiger partial charge is 0.341 e. The summed E-state index contributed by atoms with van der Waals surface area (Å²) in [7, 11) is 1.56. The van der Waals surface area contributed by atoms with Gasteiger partial charge in [0.2, 0.25) is 0 Å². The van der Waals surface area contributed by atoms with E-state index in [4.69, 9.17) is 14.6 Å². The van der Waals surface area contributed by atoms with Crippen molar-refractivity contribution in [3.8, 4) is 28.8 Å². The Morgan fingerprint density at radius 2 is 1.79 bits per heavy atom. The Morgan fingerprint density at radius 3 is 2.50 bits per heavy atom. The summed E-state index contributed by atoms with van der Waals surface area (Å²) >= 11 is 0. The number of ether oxygens (including phenoxy) is 2. The van der Waals surface area contributed by atoms with Crippen molar-refractivity contribution in [2.45, 2.75) is 0 Å². The number of hydrogen-bond acceptors (Lipinski definition) is 5. The van der Waals surface area contributed by atoms with Crippen LogP contribution in [0.4, 0.5) is 0 Å². The van der Waals surface area contributed by atoms with Crippen LogP contribution in [0.15, 0.2) is 54.6 Å². The van der Waals surface area contributed by atoms with Crippen LogP contribution >= 0.6 is 0 Å². The first-order chi connectivity index (χ1) is 11.7. The molecule has 2 aromatic carbocycles. The van der Waals surface area contributed by atoms with E-state index in [9.17, 15) is 4.79 Å². The number of aromatic nitrogens is 3. The molecule has 1 aromatic heterocycles. The van der Waals surface area contributed by atoms with Gasteiger partial charge in [-0.15, -0.1) is 5.10 Å². The monoisotopic (exact) mass is 325 g/mol. The molecule has 0 aliphatic rings. The molecule has 3 rings (SSSR count). The van der Waals surface area contributed by atoms with E-state index in [1.807, 2.05) is 48.5 Å². The second kappa shape index (κ2) is 6.82. The lowest BCUT2D eigenvalue weighted by Crippen LogP contribution is -2.13. The van der Waals surface area contributed by atoms with Gasteiger partial charge in [-0.3, -0.25) is 0 Å². The number of rotatable bonds is 6. The summed E-state index contributed by atoms with van der Waals surface area (Å²) in [6.07, 6.45) is 0. The third-order valence-electron chi connectivity index (χ3n) is 3.32. The van der Waals surface area contributed by atoms with Crippen molar-refractivity contribution in [2.24, 2.45) is 0 Å². The molecule has 1 N–H and O–H groups in total. The minimum atomic E-state index is -1.09. The molecule has 0 spiro atoms. The maximum absolute atomic E-state index is 10.8. The highest BCUT2D eigenvalue weighted by Crippen LogP contribution is 2.31. The van der Waals surface area contributed by atoms with E-state index >= 15 is 0 Å². The van der Waals surface area contributed by atoms with Crippen molar-refractivity contribution in [3.63, 3.8) is 0 Å².